The van der Waals surface area contributed by atoms with E-state index in [9.17, 15) is 0 Å². The summed E-state index contributed by atoms with van der Waals surface area (Å²) in [7, 11) is 0. The number of hydrogen-bond acceptors (Lipinski definition) is 4. The Morgan fingerprint density at radius 3 is 2.94 bits per heavy atom. The van der Waals surface area contributed by atoms with Crippen molar-refractivity contribution in [3.8, 4) is 0 Å². The molecule has 17 heavy (non-hydrogen) atoms. The van der Waals surface area contributed by atoms with E-state index in [0.717, 1.165) is 38.6 Å². The van der Waals surface area contributed by atoms with Crippen LogP contribution in [0.15, 0.2) is 0 Å². The molecule has 2 fully saturated rings. The van der Waals surface area contributed by atoms with Gasteiger partial charge in [-0.2, -0.15) is 0 Å². The fourth-order valence-corrected chi connectivity index (χ4v) is 3.47. The van der Waals surface area contributed by atoms with Gasteiger partial charge in [0.25, 0.3) is 0 Å². The van der Waals surface area contributed by atoms with E-state index in [0.29, 0.717) is 5.92 Å². The van der Waals surface area contributed by atoms with Crippen molar-refractivity contribution in [2.75, 3.05) is 13.2 Å². The van der Waals surface area contributed by atoms with E-state index in [1.165, 1.54) is 28.4 Å². The Balaban J connectivity index is 1.71. The molecule has 0 spiro atoms. The molecule has 0 aromatic carbocycles. The predicted octanol–water partition coefficient (Wildman–Crippen LogP) is 2.46. The minimum Gasteiger partial charge on any atom is -0.381 e. The number of aromatic nitrogens is 1. The molecule has 1 saturated carbocycles. The van der Waals surface area contributed by atoms with Crippen molar-refractivity contribution in [3.05, 3.63) is 15.6 Å². The second-order valence-electron chi connectivity index (χ2n) is 4.99. The first kappa shape index (κ1) is 11.6. The minimum atomic E-state index is 0.556. The van der Waals surface area contributed by atoms with E-state index < -0.39 is 0 Å². The van der Waals surface area contributed by atoms with Crippen molar-refractivity contribution < 1.29 is 4.74 Å². The van der Waals surface area contributed by atoms with Gasteiger partial charge in [-0.25, -0.2) is 4.98 Å². The quantitative estimate of drug-likeness (QED) is 0.874. The maximum Gasteiger partial charge on any atom is 0.0986 e. The maximum atomic E-state index is 5.45. The van der Waals surface area contributed by atoms with Gasteiger partial charge in [-0.05, 0) is 25.7 Å². The number of hydrogen-bond donors (Lipinski definition) is 1. The van der Waals surface area contributed by atoms with Gasteiger partial charge >= 0.3 is 0 Å². The van der Waals surface area contributed by atoms with E-state index in [-0.39, 0.29) is 0 Å². The molecule has 1 aromatic rings. The van der Waals surface area contributed by atoms with Gasteiger partial charge in [-0.15, -0.1) is 11.3 Å². The second-order valence-corrected chi connectivity index (χ2v) is 6.11. The number of aryl methyl sites for hydroxylation is 1. The first-order valence-electron chi connectivity index (χ1n) is 6.66. The molecule has 1 aliphatic heterocycles. The lowest BCUT2D eigenvalue weighted by molar-refractivity contribution is 0.194. The van der Waals surface area contributed by atoms with Crippen molar-refractivity contribution in [3.63, 3.8) is 0 Å². The Hall–Kier alpha value is -0.450. The second kappa shape index (κ2) is 5.04. The molecular weight excluding hydrogens is 232 g/mol. The molecule has 0 amide bonds. The van der Waals surface area contributed by atoms with Crippen LogP contribution in [0.2, 0.25) is 0 Å². The number of thiazole rings is 1. The molecule has 1 aromatic heterocycles. The Morgan fingerprint density at radius 1 is 1.41 bits per heavy atom. The van der Waals surface area contributed by atoms with E-state index in [4.69, 9.17) is 9.72 Å². The standard InChI is InChI=1S/C13H20N2OS/c1-2-11-12(7-14-10-3-4-10)17-13(15-11)9-5-6-16-8-9/h9-10,14H,2-8H2,1H3. The summed E-state index contributed by atoms with van der Waals surface area (Å²) in [4.78, 5) is 6.25. The van der Waals surface area contributed by atoms with Gasteiger partial charge in [0.2, 0.25) is 0 Å². The lowest BCUT2D eigenvalue weighted by atomic mass is 10.1. The Bertz CT molecular complexity index is 381. The first-order valence-corrected chi connectivity index (χ1v) is 7.48. The SMILES string of the molecule is CCc1nc(C2CCOC2)sc1CNC1CC1. The van der Waals surface area contributed by atoms with E-state index in [1.807, 2.05) is 11.3 Å². The number of ether oxygens (including phenoxy) is 1. The normalized spacial score (nSPS) is 24.4. The van der Waals surface area contributed by atoms with Crippen molar-refractivity contribution >= 4 is 11.3 Å². The van der Waals surface area contributed by atoms with Gasteiger partial charge < -0.3 is 10.1 Å². The van der Waals surface area contributed by atoms with E-state index in [2.05, 4.69) is 12.2 Å². The smallest absolute Gasteiger partial charge is 0.0986 e. The van der Waals surface area contributed by atoms with Gasteiger partial charge in [-0.1, -0.05) is 6.92 Å². The van der Waals surface area contributed by atoms with E-state index >= 15 is 0 Å². The summed E-state index contributed by atoms with van der Waals surface area (Å²) in [5, 5.41) is 4.89. The number of nitrogens with zero attached hydrogens (tertiary/aromatic N) is 1. The summed E-state index contributed by atoms with van der Waals surface area (Å²) in [5.74, 6) is 0.556. The summed E-state index contributed by atoms with van der Waals surface area (Å²) >= 11 is 1.90. The van der Waals surface area contributed by atoms with Crippen molar-refractivity contribution in [2.45, 2.75) is 51.1 Å². The molecule has 1 atom stereocenters. The Kier molecular flexibility index (Phi) is 3.45. The zero-order valence-electron chi connectivity index (χ0n) is 10.4. The monoisotopic (exact) mass is 252 g/mol. The van der Waals surface area contributed by atoms with Gasteiger partial charge in [0.1, 0.15) is 0 Å². The van der Waals surface area contributed by atoms with Gasteiger partial charge in [-0.3, -0.25) is 0 Å². The number of rotatable bonds is 5. The fraction of sp³-hybridized carbons (Fsp3) is 0.769. The molecule has 0 radical (unpaired) electrons. The van der Waals surface area contributed by atoms with Gasteiger partial charge in [0.05, 0.1) is 17.3 Å². The van der Waals surface area contributed by atoms with Crippen LogP contribution in [0, 0.1) is 0 Å². The molecule has 1 aliphatic carbocycles. The summed E-state index contributed by atoms with van der Waals surface area (Å²) in [6.07, 6.45) is 4.89. The van der Waals surface area contributed by atoms with Crippen LogP contribution in [-0.2, 0) is 17.7 Å². The summed E-state index contributed by atoms with van der Waals surface area (Å²) in [5.41, 5.74) is 1.30. The average molecular weight is 252 g/mol. The van der Waals surface area contributed by atoms with Crippen molar-refractivity contribution in [1.82, 2.24) is 10.3 Å². The van der Waals surface area contributed by atoms with Crippen LogP contribution in [0.4, 0.5) is 0 Å². The molecule has 94 valence electrons. The molecule has 1 saturated heterocycles. The molecule has 1 N–H and O–H groups in total. The van der Waals surface area contributed by atoms with Gasteiger partial charge in [0, 0.05) is 30.0 Å². The van der Waals surface area contributed by atoms with Crippen molar-refractivity contribution in [2.24, 2.45) is 0 Å². The summed E-state index contributed by atoms with van der Waals surface area (Å²) in [6.45, 7) is 4.98. The molecule has 3 rings (SSSR count). The highest BCUT2D eigenvalue weighted by Gasteiger charge is 2.24. The highest BCUT2D eigenvalue weighted by Crippen LogP contribution is 2.31. The lowest BCUT2D eigenvalue weighted by Gasteiger charge is -2.01. The maximum absolute atomic E-state index is 5.45. The zero-order valence-corrected chi connectivity index (χ0v) is 11.2. The van der Waals surface area contributed by atoms with Crippen LogP contribution in [0.3, 0.4) is 0 Å². The number of nitrogens with one attached hydrogen (secondary N) is 1. The zero-order chi connectivity index (χ0) is 11.7. The topological polar surface area (TPSA) is 34.1 Å². The molecular formula is C13H20N2OS. The third-order valence-corrected chi connectivity index (χ3v) is 4.80. The van der Waals surface area contributed by atoms with Crippen LogP contribution in [0.5, 0.6) is 0 Å². The van der Waals surface area contributed by atoms with Crippen LogP contribution < -0.4 is 5.32 Å². The first-order chi connectivity index (χ1) is 8.36. The minimum absolute atomic E-state index is 0.556. The fourth-order valence-electron chi connectivity index (χ4n) is 2.25. The molecule has 0 bridgehead atoms. The van der Waals surface area contributed by atoms with Crippen LogP contribution >= 0.6 is 11.3 Å². The molecule has 2 aliphatic rings. The van der Waals surface area contributed by atoms with Crippen LogP contribution in [0.25, 0.3) is 0 Å². The Morgan fingerprint density at radius 2 is 2.29 bits per heavy atom. The summed E-state index contributed by atoms with van der Waals surface area (Å²) in [6, 6.07) is 0.778. The average Bonchev–Trinajstić information content (AvgIpc) is 2.88. The van der Waals surface area contributed by atoms with E-state index in [1.54, 1.807) is 0 Å². The largest absolute Gasteiger partial charge is 0.381 e. The lowest BCUT2D eigenvalue weighted by Crippen LogP contribution is -2.15. The van der Waals surface area contributed by atoms with Gasteiger partial charge in [0.15, 0.2) is 0 Å². The van der Waals surface area contributed by atoms with Crippen LogP contribution in [-0.4, -0.2) is 24.2 Å². The van der Waals surface area contributed by atoms with Crippen LogP contribution in [0.1, 0.15) is 47.7 Å². The third kappa shape index (κ3) is 2.69. The predicted molar refractivity (Wildman–Crippen MR) is 69.5 cm³/mol. The highest BCUT2D eigenvalue weighted by atomic mass is 32.1. The summed E-state index contributed by atoms with van der Waals surface area (Å²) < 4.78 is 5.45. The molecule has 1 unspecified atom stereocenters. The molecule has 2 heterocycles. The van der Waals surface area contributed by atoms with Crippen molar-refractivity contribution in [1.29, 1.82) is 0 Å². The molecule has 4 heteroatoms. The third-order valence-electron chi connectivity index (χ3n) is 3.54. The molecule has 3 nitrogen and oxygen atoms in total. The highest BCUT2D eigenvalue weighted by molar-refractivity contribution is 7.11. The Labute approximate surface area is 107 Å².